The average molecular weight is 508 g/mol. The summed E-state index contributed by atoms with van der Waals surface area (Å²) in [5.41, 5.74) is 1.75. The van der Waals surface area contributed by atoms with E-state index in [1.54, 1.807) is 0 Å². The van der Waals surface area contributed by atoms with Crippen LogP contribution in [0.1, 0.15) is 54.2 Å². The minimum atomic E-state index is -1.19. The first-order valence-corrected chi connectivity index (χ1v) is 12.6. The fourth-order valence-corrected chi connectivity index (χ4v) is 4.41. The Kier molecular flexibility index (Phi) is 9.15. The van der Waals surface area contributed by atoms with Gasteiger partial charge >= 0.3 is 5.97 Å². The number of hydrogen-bond acceptors (Lipinski definition) is 6. The molecule has 9 heteroatoms. The van der Waals surface area contributed by atoms with Crippen molar-refractivity contribution >= 4 is 11.9 Å². The summed E-state index contributed by atoms with van der Waals surface area (Å²) >= 11 is 0. The summed E-state index contributed by atoms with van der Waals surface area (Å²) in [5.74, 6) is -0.540. The van der Waals surface area contributed by atoms with Gasteiger partial charge in [0.05, 0.1) is 25.4 Å². The molecule has 4 rings (SSSR count). The molecule has 0 bridgehead atoms. The van der Waals surface area contributed by atoms with Gasteiger partial charge in [0, 0.05) is 6.07 Å². The second-order valence-electron chi connectivity index (χ2n) is 8.99. The number of nitrogens with one attached hydrogen (secondary N) is 1. The molecule has 0 unspecified atom stereocenters. The number of hydrogen-bond donors (Lipinski definition) is 2. The number of carboxylic acids is 1. The molecule has 0 spiro atoms. The van der Waals surface area contributed by atoms with Gasteiger partial charge in [0.1, 0.15) is 18.9 Å². The normalized spacial score (nSPS) is 17.2. The summed E-state index contributed by atoms with van der Waals surface area (Å²) in [7, 11) is 0. The first kappa shape index (κ1) is 26.2. The first-order chi connectivity index (χ1) is 18.0. The number of aromatic nitrogens is 2. The van der Waals surface area contributed by atoms with Gasteiger partial charge in [0.2, 0.25) is 11.8 Å². The quantitative estimate of drug-likeness (QED) is 0.378. The monoisotopic (exact) mass is 507 g/mol. The maximum Gasteiger partial charge on any atom is 0.356 e. The third-order valence-corrected chi connectivity index (χ3v) is 6.21. The van der Waals surface area contributed by atoms with Gasteiger partial charge in [-0.05, 0) is 43.0 Å². The fraction of sp³-hybridized carbons (Fsp3) is 0.393. The predicted molar refractivity (Wildman–Crippen MR) is 137 cm³/mol. The lowest BCUT2D eigenvalue weighted by Crippen LogP contribution is -2.47. The third kappa shape index (κ3) is 7.57. The summed E-state index contributed by atoms with van der Waals surface area (Å²) < 4.78 is 18.8. The van der Waals surface area contributed by atoms with Crippen molar-refractivity contribution in [3.63, 3.8) is 0 Å². The number of carbonyl (C=O) groups is 2. The van der Waals surface area contributed by atoms with E-state index < -0.39 is 5.97 Å². The molecule has 1 heterocycles. The van der Waals surface area contributed by atoms with Crippen LogP contribution in [0, 0.1) is 0 Å². The van der Waals surface area contributed by atoms with Crippen LogP contribution < -0.4 is 14.8 Å². The minimum absolute atomic E-state index is 0.0848. The van der Waals surface area contributed by atoms with Gasteiger partial charge in [-0.15, -0.1) is 0 Å². The van der Waals surface area contributed by atoms with Gasteiger partial charge < -0.3 is 24.6 Å². The van der Waals surface area contributed by atoms with E-state index in [4.69, 9.17) is 14.2 Å². The Morgan fingerprint density at radius 3 is 2.57 bits per heavy atom. The summed E-state index contributed by atoms with van der Waals surface area (Å²) in [6.45, 7) is 2.95. The highest BCUT2D eigenvalue weighted by Crippen LogP contribution is 2.23. The first-order valence-electron chi connectivity index (χ1n) is 12.6. The van der Waals surface area contributed by atoms with E-state index in [1.165, 1.54) is 10.7 Å². The SMILES string of the molecule is CCOc1cccc(COc2cc(C(=O)O)nn2CC(=O)N[C@H]2CCCC[C@@H]2OCc2ccccc2)c1. The van der Waals surface area contributed by atoms with Crippen LogP contribution in [0.15, 0.2) is 60.7 Å². The molecule has 2 aromatic carbocycles. The lowest BCUT2D eigenvalue weighted by molar-refractivity contribution is -0.124. The number of ether oxygens (including phenoxy) is 3. The molecule has 1 amide bonds. The second kappa shape index (κ2) is 12.9. The lowest BCUT2D eigenvalue weighted by atomic mass is 9.92. The molecule has 0 saturated heterocycles. The van der Waals surface area contributed by atoms with E-state index in [-0.39, 0.29) is 42.8 Å². The molecule has 1 aliphatic carbocycles. The summed E-state index contributed by atoms with van der Waals surface area (Å²) in [6, 6.07) is 18.6. The Bertz CT molecular complexity index is 1180. The van der Waals surface area contributed by atoms with Crippen molar-refractivity contribution in [2.24, 2.45) is 0 Å². The van der Waals surface area contributed by atoms with E-state index in [2.05, 4.69) is 10.4 Å². The molecule has 37 heavy (non-hydrogen) atoms. The van der Waals surface area contributed by atoms with Crippen molar-refractivity contribution < 1.29 is 28.9 Å². The molecule has 1 aliphatic rings. The number of carbonyl (C=O) groups excluding carboxylic acids is 1. The molecular weight excluding hydrogens is 474 g/mol. The van der Waals surface area contributed by atoms with Gasteiger partial charge in [-0.3, -0.25) is 4.79 Å². The second-order valence-corrected chi connectivity index (χ2v) is 8.99. The maximum atomic E-state index is 13.0. The van der Waals surface area contributed by atoms with E-state index in [9.17, 15) is 14.7 Å². The zero-order chi connectivity index (χ0) is 26.0. The van der Waals surface area contributed by atoms with Crippen molar-refractivity contribution in [3.8, 4) is 11.6 Å². The molecule has 1 saturated carbocycles. The van der Waals surface area contributed by atoms with Crippen LogP contribution in [0.3, 0.4) is 0 Å². The van der Waals surface area contributed by atoms with Crippen molar-refractivity contribution in [1.29, 1.82) is 0 Å². The van der Waals surface area contributed by atoms with E-state index in [0.717, 1.165) is 42.6 Å². The van der Waals surface area contributed by atoms with Crippen LogP contribution in [0.5, 0.6) is 11.6 Å². The minimum Gasteiger partial charge on any atom is -0.494 e. The molecular formula is C28H33N3O6. The van der Waals surface area contributed by atoms with Crippen LogP contribution in [0.2, 0.25) is 0 Å². The number of nitrogens with zero attached hydrogens (tertiary/aromatic N) is 2. The van der Waals surface area contributed by atoms with Gasteiger partial charge in [0.25, 0.3) is 0 Å². The smallest absolute Gasteiger partial charge is 0.356 e. The third-order valence-electron chi connectivity index (χ3n) is 6.21. The molecule has 0 radical (unpaired) electrons. The highest BCUT2D eigenvalue weighted by Gasteiger charge is 2.28. The average Bonchev–Trinajstić information content (AvgIpc) is 3.31. The van der Waals surface area contributed by atoms with Crippen molar-refractivity contribution in [3.05, 3.63) is 77.5 Å². The standard InChI is InChI=1S/C28H33N3O6/c1-2-35-22-12-8-11-21(15-22)19-37-27-16-24(28(33)34)30-31(27)17-26(32)29-23-13-6-7-14-25(23)36-18-20-9-4-3-5-10-20/h3-5,8-12,15-16,23,25H,2,6-7,13-14,17-19H2,1H3,(H,29,32)(H,33,34)/t23-,25-/m0/s1. The highest BCUT2D eigenvalue weighted by atomic mass is 16.5. The molecule has 1 fully saturated rings. The predicted octanol–water partition coefficient (Wildman–Crippen LogP) is 4.20. The van der Waals surface area contributed by atoms with Gasteiger partial charge in [-0.2, -0.15) is 5.10 Å². The zero-order valence-electron chi connectivity index (χ0n) is 21.0. The highest BCUT2D eigenvalue weighted by molar-refractivity contribution is 5.85. The summed E-state index contributed by atoms with van der Waals surface area (Å²) in [6.07, 6.45) is 3.67. The molecule has 0 aliphatic heterocycles. The summed E-state index contributed by atoms with van der Waals surface area (Å²) in [5, 5.41) is 16.6. The number of aromatic carboxylic acids is 1. The molecule has 1 aromatic heterocycles. The lowest BCUT2D eigenvalue weighted by Gasteiger charge is -2.32. The Balaban J connectivity index is 1.38. The van der Waals surface area contributed by atoms with Crippen LogP contribution in [-0.2, 0) is 29.3 Å². The Labute approximate surface area is 216 Å². The number of amides is 1. The van der Waals surface area contributed by atoms with Crippen LogP contribution >= 0.6 is 0 Å². The molecule has 3 aromatic rings. The van der Waals surface area contributed by atoms with Gasteiger partial charge in [0.15, 0.2) is 5.69 Å². The van der Waals surface area contributed by atoms with E-state index in [1.807, 2.05) is 61.5 Å². The molecule has 196 valence electrons. The van der Waals surface area contributed by atoms with Crippen LogP contribution in [0.25, 0.3) is 0 Å². The van der Waals surface area contributed by atoms with Crippen molar-refractivity contribution in [2.75, 3.05) is 6.61 Å². The number of carboxylic acid groups (broad SMARTS) is 1. The van der Waals surface area contributed by atoms with Crippen molar-refractivity contribution in [2.45, 2.75) is 64.5 Å². The number of benzene rings is 2. The molecule has 2 atom stereocenters. The largest absolute Gasteiger partial charge is 0.494 e. The maximum absolute atomic E-state index is 13.0. The Morgan fingerprint density at radius 1 is 1.00 bits per heavy atom. The van der Waals surface area contributed by atoms with Crippen LogP contribution in [-0.4, -0.2) is 45.5 Å². The fourth-order valence-electron chi connectivity index (χ4n) is 4.41. The van der Waals surface area contributed by atoms with Crippen molar-refractivity contribution in [1.82, 2.24) is 15.1 Å². The zero-order valence-corrected chi connectivity index (χ0v) is 21.0. The Morgan fingerprint density at radius 2 is 1.78 bits per heavy atom. The Hall–Kier alpha value is -3.85. The topological polar surface area (TPSA) is 112 Å². The van der Waals surface area contributed by atoms with E-state index >= 15 is 0 Å². The molecule has 9 nitrogen and oxygen atoms in total. The summed E-state index contributed by atoms with van der Waals surface area (Å²) in [4.78, 5) is 24.5. The van der Waals surface area contributed by atoms with Crippen LogP contribution in [0.4, 0.5) is 0 Å². The van der Waals surface area contributed by atoms with E-state index in [0.29, 0.717) is 13.2 Å². The number of rotatable bonds is 12. The van der Waals surface area contributed by atoms with Gasteiger partial charge in [-0.25, -0.2) is 9.48 Å². The van der Waals surface area contributed by atoms with Gasteiger partial charge in [-0.1, -0.05) is 55.3 Å². The molecule has 2 N–H and O–H groups in total.